The van der Waals surface area contributed by atoms with Crippen LogP contribution in [0.15, 0.2) is 42.7 Å². The first kappa shape index (κ1) is 20.4. The number of rotatable bonds is 6. The number of aromatic nitrogens is 4. The Labute approximate surface area is 178 Å². The summed E-state index contributed by atoms with van der Waals surface area (Å²) in [5.74, 6) is 1.95. The maximum atomic E-state index is 12.8. The number of nitrogens with zero attached hydrogens (tertiary/aromatic N) is 5. The molecular formula is C24H31N5O. The van der Waals surface area contributed by atoms with Crippen molar-refractivity contribution in [2.45, 2.75) is 53.0 Å². The molecule has 6 heteroatoms. The summed E-state index contributed by atoms with van der Waals surface area (Å²) in [6, 6.07) is 10.2. The average molecular weight is 406 g/mol. The standard InChI is InChI=1S/C24H31N5O/c1-18-23(19(2)29(26-18)22-7-5-4-6-8-22)9-10-24(30)27-14-11-21(12-15-27)17-28-16-13-25-20(28)3/h4-8,13,16,21H,9-12,14-15,17H2,1-3H3. The van der Waals surface area contributed by atoms with Crippen LogP contribution in [-0.4, -0.2) is 43.2 Å². The summed E-state index contributed by atoms with van der Waals surface area (Å²) in [6.07, 6.45) is 7.33. The number of amides is 1. The molecule has 30 heavy (non-hydrogen) atoms. The number of carbonyl (C=O) groups is 1. The average Bonchev–Trinajstić information content (AvgIpc) is 3.29. The molecule has 0 spiro atoms. The number of para-hydroxylation sites is 1. The molecule has 3 heterocycles. The number of benzene rings is 1. The Morgan fingerprint density at radius 2 is 1.83 bits per heavy atom. The fourth-order valence-corrected chi connectivity index (χ4v) is 4.49. The van der Waals surface area contributed by atoms with Gasteiger partial charge in [-0.2, -0.15) is 5.10 Å². The quantitative estimate of drug-likeness (QED) is 0.626. The summed E-state index contributed by atoms with van der Waals surface area (Å²) in [6.45, 7) is 8.90. The highest BCUT2D eigenvalue weighted by Gasteiger charge is 2.24. The largest absolute Gasteiger partial charge is 0.343 e. The minimum absolute atomic E-state index is 0.263. The molecule has 0 bridgehead atoms. The lowest BCUT2D eigenvalue weighted by atomic mass is 9.96. The zero-order valence-corrected chi connectivity index (χ0v) is 18.2. The monoisotopic (exact) mass is 405 g/mol. The van der Waals surface area contributed by atoms with Gasteiger partial charge in [-0.3, -0.25) is 4.79 Å². The number of likely N-dealkylation sites (tertiary alicyclic amines) is 1. The van der Waals surface area contributed by atoms with Crippen molar-refractivity contribution in [3.8, 4) is 5.69 Å². The van der Waals surface area contributed by atoms with E-state index in [2.05, 4.69) is 28.6 Å². The van der Waals surface area contributed by atoms with Crippen molar-refractivity contribution in [1.82, 2.24) is 24.2 Å². The van der Waals surface area contributed by atoms with Gasteiger partial charge in [-0.1, -0.05) is 18.2 Å². The van der Waals surface area contributed by atoms with Crippen LogP contribution in [-0.2, 0) is 17.8 Å². The second-order valence-corrected chi connectivity index (χ2v) is 8.35. The first-order valence-corrected chi connectivity index (χ1v) is 10.9. The normalized spacial score (nSPS) is 15.0. The van der Waals surface area contributed by atoms with Gasteiger partial charge in [0.15, 0.2) is 0 Å². The number of aryl methyl sites for hydroxylation is 2. The number of hydrogen-bond donors (Lipinski definition) is 0. The summed E-state index contributed by atoms with van der Waals surface area (Å²) in [4.78, 5) is 19.2. The molecule has 1 fully saturated rings. The predicted molar refractivity (Wildman–Crippen MR) is 118 cm³/mol. The Bertz CT molecular complexity index is 996. The molecule has 0 saturated carbocycles. The van der Waals surface area contributed by atoms with Crippen LogP contribution in [0, 0.1) is 26.7 Å². The molecule has 0 radical (unpaired) electrons. The summed E-state index contributed by atoms with van der Waals surface area (Å²) in [7, 11) is 0. The van der Waals surface area contributed by atoms with Crippen LogP contribution in [0.5, 0.6) is 0 Å². The highest BCUT2D eigenvalue weighted by molar-refractivity contribution is 5.76. The van der Waals surface area contributed by atoms with Crippen molar-refractivity contribution in [2.24, 2.45) is 5.92 Å². The van der Waals surface area contributed by atoms with Crippen molar-refractivity contribution in [1.29, 1.82) is 0 Å². The molecule has 1 aromatic carbocycles. The van der Waals surface area contributed by atoms with Gasteiger partial charge >= 0.3 is 0 Å². The summed E-state index contributed by atoms with van der Waals surface area (Å²) >= 11 is 0. The Morgan fingerprint density at radius 3 is 2.50 bits per heavy atom. The van der Waals surface area contributed by atoms with Gasteiger partial charge < -0.3 is 9.47 Å². The molecule has 158 valence electrons. The fraction of sp³-hybridized carbons (Fsp3) is 0.458. The van der Waals surface area contributed by atoms with Crippen molar-refractivity contribution < 1.29 is 4.79 Å². The first-order chi connectivity index (χ1) is 14.5. The zero-order chi connectivity index (χ0) is 21.1. The van der Waals surface area contributed by atoms with E-state index in [0.29, 0.717) is 12.3 Å². The Balaban J connectivity index is 1.31. The van der Waals surface area contributed by atoms with Crippen molar-refractivity contribution in [2.75, 3.05) is 13.1 Å². The molecular weight excluding hydrogens is 374 g/mol. The second-order valence-electron chi connectivity index (χ2n) is 8.35. The van der Waals surface area contributed by atoms with E-state index < -0.39 is 0 Å². The fourth-order valence-electron chi connectivity index (χ4n) is 4.49. The summed E-state index contributed by atoms with van der Waals surface area (Å²) in [5.41, 5.74) is 4.39. The van der Waals surface area contributed by atoms with Crippen LogP contribution in [0.2, 0.25) is 0 Å². The molecule has 0 N–H and O–H groups in total. The molecule has 4 rings (SSSR count). The Kier molecular flexibility index (Phi) is 6.02. The topological polar surface area (TPSA) is 56.0 Å². The van der Waals surface area contributed by atoms with Gasteiger partial charge in [-0.15, -0.1) is 0 Å². The van der Waals surface area contributed by atoms with Gasteiger partial charge in [0.05, 0.1) is 11.4 Å². The minimum Gasteiger partial charge on any atom is -0.343 e. The lowest BCUT2D eigenvalue weighted by Crippen LogP contribution is -2.39. The third-order valence-corrected chi connectivity index (χ3v) is 6.38. The van der Waals surface area contributed by atoms with Gasteiger partial charge in [-0.05, 0) is 63.6 Å². The van der Waals surface area contributed by atoms with Crippen LogP contribution in [0.4, 0.5) is 0 Å². The van der Waals surface area contributed by atoms with Crippen LogP contribution in [0.25, 0.3) is 5.69 Å². The maximum absolute atomic E-state index is 12.8. The van der Waals surface area contributed by atoms with Crippen molar-refractivity contribution in [3.05, 3.63) is 65.5 Å². The van der Waals surface area contributed by atoms with Gasteiger partial charge in [0.25, 0.3) is 0 Å². The third kappa shape index (κ3) is 4.32. The number of hydrogen-bond acceptors (Lipinski definition) is 3. The van der Waals surface area contributed by atoms with E-state index in [1.807, 2.05) is 54.0 Å². The Morgan fingerprint density at radius 1 is 1.10 bits per heavy atom. The van der Waals surface area contributed by atoms with E-state index in [1.54, 1.807) is 0 Å². The molecule has 2 aromatic heterocycles. The van der Waals surface area contributed by atoms with E-state index in [4.69, 9.17) is 5.10 Å². The number of imidazole rings is 1. The van der Waals surface area contributed by atoms with Gasteiger partial charge in [0.2, 0.25) is 5.91 Å². The van der Waals surface area contributed by atoms with Crippen LogP contribution >= 0.6 is 0 Å². The zero-order valence-electron chi connectivity index (χ0n) is 18.2. The molecule has 0 unspecified atom stereocenters. The predicted octanol–water partition coefficient (Wildman–Crippen LogP) is 3.87. The molecule has 0 atom stereocenters. The van der Waals surface area contributed by atoms with Gasteiger partial charge in [0.1, 0.15) is 5.82 Å². The van der Waals surface area contributed by atoms with Crippen molar-refractivity contribution >= 4 is 5.91 Å². The number of carbonyl (C=O) groups excluding carboxylic acids is 1. The smallest absolute Gasteiger partial charge is 0.222 e. The van der Waals surface area contributed by atoms with Crippen molar-refractivity contribution in [3.63, 3.8) is 0 Å². The lowest BCUT2D eigenvalue weighted by Gasteiger charge is -2.32. The van der Waals surface area contributed by atoms with Crippen LogP contribution < -0.4 is 0 Å². The highest BCUT2D eigenvalue weighted by Crippen LogP contribution is 2.22. The molecule has 1 saturated heterocycles. The van der Waals surface area contributed by atoms with Crippen LogP contribution in [0.1, 0.15) is 42.0 Å². The first-order valence-electron chi connectivity index (χ1n) is 10.9. The lowest BCUT2D eigenvalue weighted by molar-refractivity contribution is -0.132. The number of piperidine rings is 1. The SMILES string of the molecule is Cc1nn(-c2ccccc2)c(C)c1CCC(=O)N1CCC(Cn2ccnc2C)CC1. The second kappa shape index (κ2) is 8.86. The van der Waals surface area contributed by atoms with E-state index in [-0.39, 0.29) is 5.91 Å². The van der Waals surface area contributed by atoms with E-state index >= 15 is 0 Å². The summed E-state index contributed by atoms with van der Waals surface area (Å²) in [5, 5.41) is 4.71. The molecule has 6 nitrogen and oxygen atoms in total. The van der Waals surface area contributed by atoms with Crippen LogP contribution in [0.3, 0.4) is 0 Å². The third-order valence-electron chi connectivity index (χ3n) is 6.38. The Hall–Kier alpha value is -2.89. The molecule has 1 aliphatic rings. The molecule has 1 amide bonds. The molecule has 0 aliphatic carbocycles. The molecule has 3 aromatic rings. The van der Waals surface area contributed by atoms with E-state index in [1.165, 1.54) is 5.56 Å². The van der Waals surface area contributed by atoms with E-state index in [9.17, 15) is 4.79 Å². The molecule has 1 aliphatic heterocycles. The van der Waals surface area contributed by atoms with Gasteiger partial charge in [0, 0.05) is 44.1 Å². The van der Waals surface area contributed by atoms with Gasteiger partial charge in [-0.25, -0.2) is 9.67 Å². The summed E-state index contributed by atoms with van der Waals surface area (Å²) < 4.78 is 4.21. The van der Waals surface area contributed by atoms with E-state index in [0.717, 1.165) is 61.8 Å². The minimum atomic E-state index is 0.263. The maximum Gasteiger partial charge on any atom is 0.222 e. The highest BCUT2D eigenvalue weighted by atomic mass is 16.2.